The number of hydrogen-bond acceptors (Lipinski definition) is 15. The molecule has 0 bridgehead atoms. The van der Waals surface area contributed by atoms with Gasteiger partial charge >= 0.3 is 5.69 Å². The first-order valence-electron chi connectivity index (χ1n) is 16.7. The fourth-order valence-electron chi connectivity index (χ4n) is 5.85. The average Bonchev–Trinajstić information content (AvgIpc) is 3.64. The summed E-state index contributed by atoms with van der Waals surface area (Å²) in [5.74, 6) is 2.26. The van der Waals surface area contributed by atoms with Crippen molar-refractivity contribution in [2.75, 3.05) is 35.2 Å². The first-order chi connectivity index (χ1) is 26.6. The van der Waals surface area contributed by atoms with Crippen LogP contribution in [0.25, 0.3) is 0 Å². The van der Waals surface area contributed by atoms with Crippen LogP contribution in [0.5, 0.6) is 17.2 Å². The number of rotatable bonds is 13. The van der Waals surface area contributed by atoms with Gasteiger partial charge in [-0.3, -0.25) is 25.2 Å². The van der Waals surface area contributed by atoms with Crippen molar-refractivity contribution in [3.8, 4) is 17.2 Å². The van der Waals surface area contributed by atoms with Crippen LogP contribution in [0.4, 0.5) is 52.0 Å². The first-order valence-corrected chi connectivity index (χ1v) is 16.7. The summed E-state index contributed by atoms with van der Waals surface area (Å²) in [7, 11) is 3.19. The Morgan fingerprint density at radius 3 is 1.62 bits per heavy atom. The zero-order chi connectivity index (χ0) is 38.5. The highest BCUT2D eigenvalue weighted by Crippen LogP contribution is 2.42. The minimum Gasteiger partial charge on any atom is -0.508 e. The lowest BCUT2D eigenvalue weighted by Crippen LogP contribution is -2.19. The molecule has 0 radical (unpaired) electrons. The van der Waals surface area contributed by atoms with E-state index in [1.165, 1.54) is 29.3 Å². The topological polar surface area (TPSA) is 215 Å². The molecule has 6 aromatic rings. The van der Waals surface area contributed by atoms with E-state index in [-0.39, 0.29) is 29.3 Å². The zero-order valence-electron chi connectivity index (χ0n) is 29.3. The number of nitrogens with one attached hydrogen (secondary N) is 3. The minimum absolute atomic E-state index is 0.0595. The lowest BCUT2D eigenvalue weighted by atomic mass is 9.98. The zero-order valence-corrected chi connectivity index (χ0v) is 29.3. The number of methoxy groups -OCH3 is 2. The van der Waals surface area contributed by atoms with Crippen LogP contribution in [-0.2, 0) is 0 Å². The Morgan fingerprint density at radius 1 is 0.673 bits per heavy atom. The van der Waals surface area contributed by atoms with Crippen LogP contribution in [-0.4, -0.2) is 49.8 Å². The van der Waals surface area contributed by atoms with Crippen molar-refractivity contribution in [2.45, 2.75) is 12.5 Å². The van der Waals surface area contributed by atoms with E-state index in [4.69, 9.17) is 14.6 Å². The molecule has 55 heavy (non-hydrogen) atoms. The Morgan fingerprint density at radius 2 is 1.16 bits per heavy atom. The second-order valence-electron chi connectivity index (χ2n) is 12.1. The maximum atomic E-state index is 12.1. The molecule has 0 fully saturated rings. The third-order valence-corrected chi connectivity index (χ3v) is 8.60. The quantitative estimate of drug-likeness (QED) is 0.0652. The summed E-state index contributed by atoms with van der Waals surface area (Å²) >= 11 is 0. The molecule has 0 aliphatic carbocycles. The number of anilines is 7. The Balaban J connectivity index is 1.17. The highest BCUT2D eigenvalue weighted by Gasteiger charge is 2.34. The van der Waals surface area contributed by atoms with Crippen LogP contribution in [0.1, 0.15) is 23.6 Å². The second kappa shape index (κ2) is 15.4. The molecule has 0 spiro atoms. The fourth-order valence-corrected chi connectivity index (χ4v) is 5.85. The summed E-state index contributed by atoms with van der Waals surface area (Å²) < 4.78 is 10.5. The van der Waals surface area contributed by atoms with Gasteiger partial charge in [-0.2, -0.15) is 20.1 Å². The number of nitro benzene ring substituents is 2. The molecule has 0 saturated carbocycles. The maximum Gasteiger partial charge on any atom is 0.301 e. The number of nitrogens with zero attached hydrogens (tertiary/aromatic N) is 7. The van der Waals surface area contributed by atoms with Crippen molar-refractivity contribution < 1.29 is 24.4 Å². The summed E-state index contributed by atoms with van der Waals surface area (Å²) in [6, 6.07) is 31.3. The molecule has 5 aromatic carbocycles. The second-order valence-corrected chi connectivity index (χ2v) is 12.1. The lowest BCUT2D eigenvalue weighted by molar-refractivity contribution is -0.393. The maximum absolute atomic E-state index is 12.1. The number of hydrazone groups is 1. The number of aromatic nitrogens is 3. The number of non-ortho nitro benzene ring substituents is 1. The van der Waals surface area contributed by atoms with E-state index < -0.39 is 27.3 Å². The van der Waals surface area contributed by atoms with Gasteiger partial charge in [-0.15, -0.1) is 0 Å². The van der Waals surface area contributed by atoms with E-state index in [0.29, 0.717) is 29.3 Å². The van der Waals surface area contributed by atoms with Gasteiger partial charge in [-0.1, -0.05) is 24.3 Å². The predicted octanol–water partition coefficient (Wildman–Crippen LogP) is 8.00. The van der Waals surface area contributed by atoms with Crippen LogP contribution in [0.3, 0.4) is 0 Å². The molecule has 7 rings (SSSR count). The van der Waals surface area contributed by atoms with E-state index in [0.717, 1.165) is 28.6 Å². The van der Waals surface area contributed by atoms with Gasteiger partial charge in [0, 0.05) is 29.5 Å². The number of phenolic OH excluding ortho intramolecular Hbond substituents is 1. The lowest BCUT2D eigenvalue weighted by Gasteiger charge is -2.23. The Bertz CT molecular complexity index is 2310. The monoisotopic (exact) mass is 740 g/mol. The van der Waals surface area contributed by atoms with E-state index in [1.54, 1.807) is 26.4 Å². The Hall–Kier alpha value is -7.82. The number of ether oxygens (including phenoxy) is 2. The van der Waals surface area contributed by atoms with Crippen LogP contribution in [0.2, 0.25) is 0 Å². The fraction of sp³-hybridized carbons (Fsp3) is 0.105. The van der Waals surface area contributed by atoms with Gasteiger partial charge in [0.05, 0.1) is 41.9 Å². The first kappa shape index (κ1) is 35.6. The SMILES string of the molecule is COc1ccc(Nc2nc(Nc3ccc(OC)cc3)nc(Nc3ccc(C4=NN(c5ccc([N+](=O)[O-])cc5[N+](=O)[O-])C(c5ccc(O)cc5)C4)cc3)n2)cc1. The van der Waals surface area contributed by atoms with Gasteiger partial charge in [0.15, 0.2) is 0 Å². The number of phenols is 1. The largest absolute Gasteiger partial charge is 0.508 e. The van der Waals surface area contributed by atoms with Crippen molar-refractivity contribution in [1.82, 2.24) is 15.0 Å². The third kappa shape index (κ3) is 8.15. The normalized spacial score (nSPS) is 13.5. The summed E-state index contributed by atoms with van der Waals surface area (Å²) in [4.78, 5) is 35.9. The number of benzene rings is 5. The highest BCUT2D eigenvalue weighted by molar-refractivity contribution is 6.03. The van der Waals surface area contributed by atoms with E-state index in [2.05, 4.69) is 30.9 Å². The Labute approximate surface area is 313 Å². The molecule has 2 heterocycles. The molecule has 1 atom stereocenters. The number of hydrogen-bond donors (Lipinski definition) is 4. The molecule has 1 aliphatic heterocycles. The van der Waals surface area contributed by atoms with Gasteiger partial charge in [-0.05, 0) is 90.0 Å². The molecular weight excluding hydrogens is 708 g/mol. The summed E-state index contributed by atoms with van der Waals surface area (Å²) in [5.41, 5.74) is 3.43. The van der Waals surface area contributed by atoms with Crippen molar-refractivity contribution in [3.05, 3.63) is 147 Å². The van der Waals surface area contributed by atoms with E-state index in [9.17, 15) is 25.3 Å². The summed E-state index contributed by atoms with van der Waals surface area (Å²) in [6.45, 7) is 0. The van der Waals surface area contributed by atoms with Crippen molar-refractivity contribution in [1.29, 1.82) is 0 Å². The van der Waals surface area contributed by atoms with Gasteiger partial charge < -0.3 is 30.5 Å². The van der Waals surface area contributed by atoms with E-state index >= 15 is 0 Å². The van der Waals surface area contributed by atoms with Crippen molar-refractivity contribution in [2.24, 2.45) is 5.10 Å². The van der Waals surface area contributed by atoms with Crippen LogP contribution in [0.15, 0.2) is 120 Å². The van der Waals surface area contributed by atoms with Gasteiger partial charge in [-0.25, -0.2) is 0 Å². The molecule has 17 nitrogen and oxygen atoms in total. The van der Waals surface area contributed by atoms with Crippen LogP contribution >= 0.6 is 0 Å². The summed E-state index contributed by atoms with van der Waals surface area (Å²) in [5, 5.41) is 49.3. The average molecular weight is 741 g/mol. The molecule has 1 aliphatic rings. The molecule has 276 valence electrons. The predicted molar refractivity (Wildman–Crippen MR) is 206 cm³/mol. The third-order valence-electron chi connectivity index (χ3n) is 8.60. The van der Waals surface area contributed by atoms with E-state index in [1.807, 2.05) is 72.8 Å². The smallest absolute Gasteiger partial charge is 0.301 e. The molecule has 17 heteroatoms. The highest BCUT2D eigenvalue weighted by atomic mass is 16.6. The Kier molecular flexibility index (Phi) is 9.98. The van der Waals surface area contributed by atoms with Gasteiger partial charge in [0.2, 0.25) is 17.8 Å². The minimum atomic E-state index is -0.685. The molecule has 1 unspecified atom stereocenters. The standard InChI is InChI=1S/C38H32N10O7/c1-54-30-16-9-26(10-17-30)40-37-42-36(43-38(44-37)41-27-11-18-31(55-2)19-12-27)39-25-7-3-23(4-8-25)32-22-34(24-5-14-29(49)15-6-24)46(45-32)33-20-13-28(47(50)51)21-35(33)48(52)53/h3-21,34,49H,22H2,1-2H3,(H3,39,40,41,42,43,44). The molecular formula is C38H32N10O7. The summed E-state index contributed by atoms with van der Waals surface area (Å²) in [6.07, 6.45) is 0.347. The van der Waals surface area contributed by atoms with Crippen molar-refractivity contribution in [3.63, 3.8) is 0 Å². The molecule has 0 amide bonds. The number of aromatic hydroxyl groups is 1. The van der Waals surface area contributed by atoms with Gasteiger partial charge in [0.25, 0.3) is 5.69 Å². The van der Waals surface area contributed by atoms with Crippen LogP contribution in [0, 0.1) is 20.2 Å². The molecule has 1 aromatic heterocycles. The van der Waals surface area contributed by atoms with Gasteiger partial charge in [0.1, 0.15) is 22.9 Å². The van der Waals surface area contributed by atoms with Crippen molar-refractivity contribution >= 4 is 57.7 Å². The molecule has 0 saturated heterocycles. The molecule has 4 N–H and O–H groups in total. The van der Waals surface area contributed by atoms with Crippen LogP contribution < -0.4 is 30.4 Å². The number of nitro groups is 2.